The van der Waals surface area contributed by atoms with E-state index in [4.69, 9.17) is 5.11 Å². The molecule has 8 heteroatoms. The number of aliphatic carboxylic acids is 1. The fourth-order valence-corrected chi connectivity index (χ4v) is 3.04. The van der Waals surface area contributed by atoms with Gasteiger partial charge in [-0.25, -0.2) is 4.98 Å². The van der Waals surface area contributed by atoms with Crippen molar-refractivity contribution in [3.05, 3.63) is 26.3 Å². The normalized spacial score (nSPS) is 22.1. The second-order valence-electron chi connectivity index (χ2n) is 4.83. The van der Waals surface area contributed by atoms with E-state index in [-0.39, 0.29) is 11.7 Å². The second-order valence-corrected chi connectivity index (χ2v) is 5.62. The molecule has 1 aromatic rings. The van der Waals surface area contributed by atoms with Gasteiger partial charge in [-0.1, -0.05) is 0 Å². The summed E-state index contributed by atoms with van der Waals surface area (Å²) in [5, 5.41) is 20.0. The molecule has 0 spiro atoms. The third-order valence-electron chi connectivity index (χ3n) is 3.76. The Labute approximate surface area is 123 Å². The van der Waals surface area contributed by atoms with E-state index in [2.05, 4.69) is 20.9 Å². The van der Waals surface area contributed by atoms with Crippen molar-refractivity contribution in [2.45, 2.75) is 26.3 Å². The second kappa shape index (κ2) is 5.35. The highest BCUT2D eigenvalue weighted by Crippen LogP contribution is 2.37. The molecule has 108 valence electrons. The summed E-state index contributed by atoms with van der Waals surface area (Å²) >= 11 is 3.34. The van der Waals surface area contributed by atoms with Crippen LogP contribution >= 0.6 is 15.9 Å². The van der Waals surface area contributed by atoms with Gasteiger partial charge in [0, 0.05) is 18.2 Å². The van der Waals surface area contributed by atoms with Crippen molar-refractivity contribution >= 4 is 33.4 Å². The third-order valence-corrected chi connectivity index (χ3v) is 4.71. The molecule has 0 bridgehead atoms. The van der Waals surface area contributed by atoms with Crippen LogP contribution in [0.25, 0.3) is 0 Å². The lowest BCUT2D eigenvalue weighted by Crippen LogP contribution is -2.33. The van der Waals surface area contributed by atoms with E-state index in [1.165, 1.54) is 6.20 Å². The summed E-state index contributed by atoms with van der Waals surface area (Å²) in [6.07, 6.45) is 1.76. The van der Waals surface area contributed by atoms with E-state index >= 15 is 0 Å². The summed E-state index contributed by atoms with van der Waals surface area (Å²) in [7, 11) is 0. The highest BCUT2D eigenvalue weighted by atomic mass is 79.9. The minimum atomic E-state index is -0.824. The highest BCUT2D eigenvalue weighted by Gasteiger charge is 2.37. The SMILES string of the molecule is Cc1c([N+](=O)[O-])cnc(N2CCC(C(=O)O)C2C)c1Br. The molecule has 1 aliphatic rings. The zero-order valence-corrected chi connectivity index (χ0v) is 12.6. The van der Waals surface area contributed by atoms with Crippen molar-refractivity contribution in [2.24, 2.45) is 5.92 Å². The van der Waals surface area contributed by atoms with Crippen LogP contribution in [0.5, 0.6) is 0 Å². The fraction of sp³-hybridized carbons (Fsp3) is 0.500. The molecule has 0 amide bonds. The fourth-order valence-electron chi connectivity index (χ4n) is 2.51. The molecule has 2 rings (SSSR count). The van der Waals surface area contributed by atoms with E-state index in [0.29, 0.717) is 28.8 Å². The summed E-state index contributed by atoms with van der Waals surface area (Å²) in [6, 6.07) is -0.197. The van der Waals surface area contributed by atoms with Gasteiger partial charge in [0.1, 0.15) is 12.0 Å². The van der Waals surface area contributed by atoms with Crippen LogP contribution in [0.15, 0.2) is 10.7 Å². The zero-order chi connectivity index (χ0) is 15.0. The van der Waals surface area contributed by atoms with Crippen molar-refractivity contribution in [1.82, 2.24) is 4.98 Å². The van der Waals surface area contributed by atoms with Gasteiger partial charge in [0.2, 0.25) is 0 Å². The number of carbonyl (C=O) groups is 1. The van der Waals surface area contributed by atoms with Crippen molar-refractivity contribution < 1.29 is 14.8 Å². The van der Waals surface area contributed by atoms with E-state index in [1.54, 1.807) is 6.92 Å². The van der Waals surface area contributed by atoms with E-state index in [0.717, 1.165) is 0 Å². The molecule has 0 aromatic carbocycles. The molecule has 1 N–H and O–H groups in total. The van der Waals surface area contributed by atoms with Crippen LogP contribution in [0, 0.1) is 23.0 Å². The lowest BCUT2D eigenvalue weighted by atomic mass is 10.0. The lowest BCUT2D eigenvalue weighted by molar-refractivity contribution is -0.385. The molecular formula is C12H14BrN3O4. The molecule has 7 nitrogen and oxygen atoms in total. The van der Waals surface area contributed by atoms with Crippen molar-refractivity contribution in [3.63, 3.8) is 0 Å². The molecule has 0 aliphatic carbocycles. The first-order chi connectivity index (χ1) is 9.34. The molecule has 2 heterocycles. The molecule has 2 unspecified atom stereocenters. The first-order valence-electron chi connectivity index (χ1n) is 6.13. The summed E-state index contributed by atoms with van der Waals surface area (Å²) in [4.78, 5) is 27.5. The smallest absolute Gasteiger partial charge is 0.308 e. The first kappa shape index (κ1) is 14.7. The molecule has 0 saturated carbocycles. The van der Waals surface area contributed by atoms with Gasteiger partial charge in [-0.15, -0.1) is 0 Å². The zero-order valence-electron chi connectivity index (χ0n) is 11.0. The largest absolute Gasteiger partial charge is 0.481 e. The average molecular weight is 344 g/mol. The average Bonchev–Trinajstić information content (AvgIpc) is 2.74. The third kappa shape index (κ3) is 2.35. The van der Waals surface area contributed by atoms with Gasteiger partial charge in [-0.05, 0) is 36.2 Å². The summed E-state index contributed by atoms with van der Waals surface area (Å²) in [5.74, 6) is -0.710. The topological polar surface area (TPSA) is 96.6 Å². The molecule has 1 saturated heterocycles. The number of hydrogen-bond donors (Lipinski definition) is 1. The highest BCUT2D eigenvalue weighted by molar-refractivity contribution is 9.10. The Morgan fingerprint density at radius 2 is 2.30 bits per heavy atom. The summed E-state index contributed by atoms with van der Waals surface area (Å²) < 4.78 is 0.546. The van der Waals surface area contributed by atoms with Gasteiger partial charge >= 0.3 is 5.97 Å². The molecule has 1 aliphatic heterocycles. The molecule has 0 radical (unpaired) electrons. The predicted molar refractivity (Wildman–Crippen MR) is 75.9 cm³/mol. The summed E-state index contributed by atoms with van der Waals surface area (Å²) in [6.45, 7) is 4.04. The monoisotopic (exact) mass is 343 g/mol. The number of aromatic nitrogens is 1. The molecule has 20 heavy (non-hydrogen) atoms. The number of hydrogen-bond acceptors (Lipinski definition) is 5. The Morgan fingerprint density at radius 1 is 1.65 bits per heavy atom. The number of anilines is 1. The van der Waals surface area contributed by atoms with Crippen molar-refractivity contribution in [2.75, 3.05) is 11.4 Å². The number of pyridine rings is 1. The van der Waals surface area contributed by atoms with Gasteiger partial charge in [0.15, 0.2) is 0 Å². The maximum atomic E-state index is 11.1. The van der Waals surface area contributed by atoms with Gasteiger partial charge in [-0.2, -0.15) is 0 Å². The predicted octanol–water partition coefficient (Wildman–Crippen LogP) is 2.36. The Morgan fingerprint density at radius 3 is 2.80 bits per heavy atom. The van der Waals surface area contributed by atoms with Crippen molar-refractivity contribution in [3.8, 4) is 0 Å². The number of nitrogens with zero attached hydrogens (tertiary/aromatic N) is 3. The van der Waals surface area contributed by atoms with Crippen LogP contribution < -0.4 is 4.90 Å². The van der Waals surface area contributed by atoms with Crippen LogP contribution in [-0.4, -0.2) is 33.6 Å². The van der Waals surface area contributed by atoms with E-state index < -0.39 is 16.8 Å². The Hall–Kier alpha value is -1.70. The molecule has 1 fully saturated rings. The summed E-state index contributed by atoms with van der Waals surface area (Å²) in [5.41, 5.74) is 0.438. The maximum absolute atomic E-state index is 11.1. The molecule has 2 atom stereocenters. The van der Waals surface area contributed by atoms with Crippen LogP contribution in [0.3, 0.4) is 0 Å². The minimum absolute atomic E-state index is 0.0535. The van der Waals surface area contributed by atoms with Crippen LogP contribution in [0.4, 0.5) is 11.5 Å². The van der Waals surface area contributed by atoms with Crippen LogP contribution in [0.1, 0.15) is 18.9 Å². The van der Waals surface area contributed by atoms with Gasteiger partial charge in [-0.3, -0.25) is 14.9 Å². The number of rotatable bonds is 3. The van der Waals surface area contributed by atoms with Gasteiger partial charge in [0.25, 0.3) is 5.69 Å². The Bertz CT molecular complexity index is 578. The number of carboxylic acids is 1. The standard InChI is InChI=1S/C12H14BrN3O4/c1-6-9(16(19)20)5-14-11(10(6)13)15-4-3-8(7(15)2)12(17)18/h5,7-8H,3-4H2,1-2H3,(H,17,18). The molecular weight excluding hydrogens is 330 g/mol. The Kier molecular flexibility index (Phi) is 3.94. The number of halogens is 1. The van der Waals surface area contributed by atoms with E-state index in [9.17, 15) is 14.9 Å². The molecule has 1 aromatic heterocycles. The lowest BCUT2D eigenvalue weighted by Gasteiger charge is -2.25. The van der Waals surface area contributed by atoms with Crippen LogP contribution in [0.2, 0.25) is 0 Å². The Balaban J connectivity index is 2.38. The number of nitro groups is 1. The van der Waals surface area contributed by atoms with E-state index in [1.807, 2.05) is 11.8 Å². The van der Waals surface area contributed by atoms with Gasteiger partial charge in [0.05, 0.1) is 15.3 Å². The maximum Gasteiger partial charge on any atom is 0.308 e. The minimum Gasteiger partial charge on any atom is -0.481 e. The van der Waals surface area contributed by atoms with Crippen LogP contribution in [-0.2, 0) is 4.79 Å². The van der Waals surface area contributed by atoms with Gasteiger partial charge < -0.3 is 10.0 Å². The van der Waals surface area contributed by atoms with Crippen molar-refractivity contribution in [1.29, 1.82) is 0 Å². The first-order valence-corrected chi connectivity index (χ1v) is 6.92. The quantitative estimate of drug-likeness (QED) is 0.668. The number of carboxylic acid groups (broad SMARTS) is 1.